The summed E-state index contributed by atoms with van der Waals surface area (Å²) in [5, 5.41) is 2.08. The van der Waals surface area contributed by atoms with Crippen molar-refractivity contribution in [2.24, 2.45) is 0 Å². The van der Waals surface area contributed by atoms with E-state index in [4.69, 9.17) is 4.42 Å². The minimum atomic E-state index is 0. The second-order valence-corrected chi connectivity index (χ2v) is 8.65. The molecule has 0 unspecified atom stereocenters. The smallest absolute Gasteiger partial charge is 0.216 e. The number of pyridine rings is 3. The van der Waals surface area contributed by atoms with Gasteiger partial charge in [-0.1, -0.05) is 34.7 Å². The van der Waals surface area contributed by atoms with Gasteiger partial charge in [0.2, 0.25) is 5.71 Å². The van der Waals surface area contributed by atoms with Crippen LogP contribution in [0.15, 0.2) is 83.5 Å². The van der Waals surface area contributed by atoms with Crippen LogP contribution in [0.4, 0.5) is 0 Å². The first kappa shape index (κ1) is 25.4. The van der Waals surface area contributed by atoms with Gasteiger partial charge in [-0.05, 0) is 62.3 Å². The molecule has 0 saturated carbocycles. The number of aromatic nitrogens is 3. The topological polar surface area (TPSA) is 51.8 Å². The van der Waals surface area contributed by atoms with Gasteiger partial charge in [0.1, 0.15) is 0 Å². The average Bonchev–Trinajstić information content (AvgIpc) is 3.25. The van der Waals surface area contributed by atoms with Gasteiger partial charge in [0, 0.05) is 43.6 Å². The fraction of sp³-hybridized carbons (Fsp3) is 0.129. The Bertz CT molecular complexity index is 1620. The van der Waals surface area contributed by atoms with Crippen LogP contribution in [0.3, 0.4) is 0 Å². The number of aryl methyl sites for hydroxylation is 4. The van der Waals surface area contributed by atoms with Crippen LogP contribution in [0.25, 0.3) is 44.6 Å². The molecule has 1 radical (unpaired) electrons. The van der Waals surface area contributed by atoms with E-state index in [-0.39, 0.29) is 20.1 Å². The van der Waals surface area contributed by atoms with Crippen LogP contribution in [0.5, 0.6) is 0 Å². The van der Waals surface area contributed by atoms with Gasteiger partial charge in [-0.25, -0.2) is 4.98 Å². The molecule has 0 fully saturated rings. The van der Waals surface area contributed by atoms with Crippen molar-refractivity contribution >= 4 is 22.1 Å². The summed E-state index contributed by atoms with van der Waals surface area (Å²) < 4.78 is 5.97. The Morgan fingerprint density at radius 1 is 0.722 bits per heavy atom. The Hall–Kier alpha value is -3.66. The summed E-state index contributed by atoms with van der Waals surface area (Å²) in [7, 11) is 0. The van der Waals surface area contributed by atoms with Gasteiger partial charge < -0.3 is 14.4 Å². The van der Waals surface area contributed by atoms with Crippen molar-refractivity contribution in [1.82, 2.24) is 15.0 Å². The monoisotopic (exact) mass is 648 g/mol. The van der Waals surface area contributed by atoms with Gasteiger partial charge in [-0.3, -0.25) is 0 Å². The van der Waals surface area contributed by atoms with Gasteiger partial charge in [-0.15, -0.1) is 54.1 Å². The summed E-state index contributed by atoms with van der Waals surface area (Å²) in [6, 6.07) is 28.4. The molecule has 5 heteroatoms. The van der Waals surface area contributed by atoms with Crippen molar-refractivity contribution in [3.05, 3.63) is 114 Å². The number of furan rings is 1. The van der Waals surface area contributed by atoms with Crippen LogP contribution in [0.2, 0.25) is 0 Å². The van der Waals surface area contributed by atoms with E-state index in [0.29, 0.717) is 5.71 Å². The largest absolute Gasteiger partial charge is 0.486 e. The number of nitrogens with zero attached hydrogens (tertiary/aromatic N) is 3. The maximum atomic E-state index is 5.97. The third-order valence-corrected chi connectivity index (χ3v) is 5.96. The van der Waals surface area contributed by atoms with Crippen LogP contribution in [-0.2, 0) is 20.1 Å². The van der Waals surface area contributed by atoms with Gasteiger partial charge in [-0.2, -0.15) is 0 Å². The molecule has 2 aromatic carbocycles. The van der Waals surface area contributed by atoms with Gasteiger partial charge in [0.15, 0.2) is 0 Å². The van der Waals surface area contributed by atoms with Crippen LogP contribution in [-0.4, -0.2) is 15.0 Å². The van der Waals surface area contributed by atoms with Crippen LogP contribution >= 0.6 is 0 Å². The fourth-order valence-corrected chi connectivity index (χ4v) is 3.84. The van der Waals surface area contributed by atoms with Crippen LogP contribution in [0.1, 0.15) is 22.4 Å². The molecule has 0 spiro atoms. The Morgan fingerprint density at radius 3 is 2.28 bits per heavy atom. The molecule has 0 amide bonds. The predicted octanol–water partition coefficient (Wildman–Crippen LogP) is 7.62. The quantitative estimate of drug-likeness (QED) is 0.182. The van der Waals surface area contributed by atoms with E-state index in [2.05, 4.69) is 53.1 Å². The molecule has 4 nitrogen and oxygen atoms in total. The normalized spacial score (nSPS) is 10.6. The predicted molar refractivity (Wildman–Crippen MR) is 141 cm³/mol. The van der Waals surface area contributed by atoms with Crippen LogP contribution in [0, 0.1) is 39.8 Å². The molecule has 36 heavy (non-hydrogen) atoms. The summed E-state index contributed by atoms with van der Waals surface area (Å²) in [6.07, 6.45) is 3.76. The number of hydrogen-bond acceptors (Lipinski definition) is 4. The summed E-state index contributed by atoms with van der Waals surface area (Å²) in [5.74, 6) is 0. The van der Waals surface area contributed by atoms with Crippen molar-refractivity contribution in [2.45, 2.75) is 27.7 Å². The van der Waals surface area contributed by atoms with Gasteiger partial charge in [0.05, 0.1) is 5.58 Å². The minimum Gasteiger partial charge on any atom is -0.486 e. The van der Waals surface area contributed by atoms with E-state index < -0.39 is 0 Å². The Balaban J connectivity index is 0.000000178. The summed E-state index contributed by atoms with van der Waals surface area (Å²) in [5.41, 5.74) is 9.82. The third-order valence-electron chi connectivity index (χ3n) is 5.96. The number of fused-ring (bicyclic) bond motifs is 3. The molecule has 0 aliphatic rings. The molecular weight excluding hydrogens is 623 g/mol. The van der Waals surface area contributed by atoms with E-state index in [1.54, 1.807) is 0 Å². The number of benzene rings is 2. The van der Waals surface area contributed by atoms with Gasteiger partial charge in [0.25, 0.3) is 0 Å². The Kier molecular flexibility index (Phi) is 7.73. The van der Waals surface area contributed by atoms with Crippen molar-refractivity contribution in [1.29, 1.82) is 0 Å². The molecule has 0 N–H and O–H groups in total. The Morgan fingerprint density at radius 2 is 1.56 bits per heavy atom. The summed E-state index contributed by atoms with van der Waals surface area (Å²) in [4.78, 5) is 13.3. The zero-order valence-corrected chi connectivity index (χ0v) is 23.0. The second kappa shape index (κ2) is 10.9. The average molecular weight is 648 g/mol. The molecule has 6 rings (SSSR count). The maximum absolute atomic E-state index is 5.97. The van der Waals surface area contributed by atoms with Crippen molar-refractivity contribution in [2.75, 3.05) is 0 Å². The minimum absolute atomic E-state index is 0. The molecule has 4 aromatic heterocycles. The molecule has 181 valence electrons. The molecule has 0 saturated heterocycles. The zero-order chi connectivity index (χ0) is 24.4. The first-order chi connectivity index (χ1) is 17.0. The number of rotatable bonds is 2. The Labute approximate surface area is 224 Å². The molecule has 0 aliphatic heterocycles. The van der Waals surface area contributed by atoms with E-state index in [9.17, 15) is 0 Å². The molecule has 0 bridgehead atoms. The molecule has 6 aromatic rings. The SMILES string of the molecule is Cc1ccc(-c2[c-]ccc3c2oc2nc(C)ccc23)nc1.Cc1cnc(-c2[c-]cccc2)cc1C.[Ir]. The van der Waals surface area contributed by atoms with Gasteiger partial charge >= 0.3 is 0 Å². The maximum Gasteiger partial charge on any atom is 0.216 e. The van der Waals surface area contributed by atoms with E-state index in [1.165, 1.54) is 11.1 Å². The number of hydrogen-bond donors (Lipinski definition) is 0. The molecule has 4 heterocycles. The molecule has 0 aliphatic carbocycles. The fourth-order valence-electron chi connectivity index (χ4n) is 3.84. The first-order valence-electron chi connectivity index (χ1n) is 11.5. The van der Waals surface area contributed by atoms with Crippen molar-refractivity contribution < 1.29 is 24.5 Å². The summed E-state index contributed by atoms with van der Waals surface area (Å²) >= 11 is 0. The third kappa shape index (κ3) is 5.28. The summed E-state index contributed by atoms with van der Waals surface area (Å²) in [6.45, 7) is 8.15. The molecule has 0 atom stereocenters. The standard InChI is InChI=1S/C18H13N2O.C13H12N.Ir/c1-11-6-9-16(19-10-11)15-5-3-4-13-14-8-7-12(2)20-18(14)21-17(13)15;1-10-8-13(14-9-11(10)2)12-6-4-3-5-7-12;/h3-4,6-10H,1-2H3;3-6,8-9H,1-2H3;/q2*-1;. The van der Waals surface area contributed by atoms with Crippen molar-refractivity contribution in [3.8, 4) is 22.5 Å². The van der Waals surface area contributed by atoms with Crippen LogP contribution < -0.4 is 0 Å². The zero-order valence-electron chi connectivity index (χ0n) is 20.6. The van der Waals surface area contributed by atoms with E-state index in [1.807, 2.05) is 80.8 Å². The van der Waals surface area contributed by atoms with E-state index in [0.717, 1.165) is 50.1 Å². The second-order valence-electron chi connectivity index (χ2n) is 8.65. The van der Waals surface area contributed by atoms with E-state index >= 15 is 0 Å². The van der Waals surface area contributed by atoms with Crippen molar-refractivity contribution in [3.63, 3.8) is 0 Å². The first-order valence-corrected chi connectivity index (χ1v) is 11.5. The molecular formula is C31H25IrN3O-2.